The molecule has 0 bridgehead atoms. The Morgan fingerprint density at radius 2 is 1.71 bits per heavy atom. The first-order valence-electron chi connectivity index (χ1n) is 8.55. The number of carboxylic acid groups (broad SMARTS) is 2. The van der Waals surface area contributed by atoms with E-state index in [0.717, 1.165) is 0 Å². The Bertz CT molecular complexity index is 712. The molecule has 0 amide bonds. The van der Waals surface area contributed by atoms with Crippen molar-refractivity contribution in [2.45, 2.75) is 12.8 Å². The first kappa shape index (κ1) is 23.2. The van der Waals surface area contributed by atoms with Gasteiger partial charge in [-0.1, -0.05) is 13.2 Å². The van der Waals surface area contributed by atoms with Crippen molar-refractivity contribution >= 4 is 11.9 Å². The summed E-state index contributed by atoms with van der Waals surface area (Å²) in [6.07, 6.45) is 3.35. The number of hydrogen-bond donors (Lipinski definition) is 2. The highest BCUT2D eigenvalue weighted by atomic mass is 16.5. The molecule has 154 valence electrons. The quantitative estimate of drug-likeness (QED) is 0.212. The lowest BCUT2D eigenvalue weighted by atomic mass is 9.91. The van der Waals surface area contributed by atoms with E-state index in [1.165, 1.54) is 26.4 Å². The summed E-state index contributed by atoms with van der Waals surface area (Å²) < 4.78 is 21.2. The largest absolute Gasteiger partial charge is 0.491 e. The van der Waals surface area contributed by atoms with Crippen LogP contribution in [0.15, 0.2) is 59.1 Å². The summed E-state index contributed by atoms with van der Waals surface area (Å²) in [6.45, 7) is 8.50. The van der Waals surface area contributed by atoms with Crippen molar-refractivity contribution in [2.24, 2.45) is 0 Å². The number of ether oxygens (including phenoxy) is 4. The van der Waals surface area contributed by atoms with Crippen molar-refractivity contribution in [1.82, 2.24) is 0 Å². The zero-order valence-electron chi connectivity index (χ0n) is 16.2. The van der Waals surface area contributed by atoms with Gasteiger partial charge in [0.25, 0.3) is 0 Å². The Labute approximate surface area is 164 Å². The maximum atomic E-state index is 11.3. The number of carbonyl (C=O) groups is 2. The average Bonchev–Trinajstić information content (AvgIpc) is 2.66. The Hall–Kier alpha value is -2.84. The van der Waals surface area contributed by atoms with E-state index in [1.807, 2.05) is 0 Å². The average molecular weight is 394 g/mol. The molecule has 1 aliphatic carbocycles. The van der Waals surface area contributed by atoms with Crippen LogP contribution in [-0.2, 0) is 28.5 Å². The molecule has 1 rings (SSSR count). The minimum Gasteiger partial charge on any atom is -0.491 e. The third-order valence-corrected chi connectivity index (χ3v) is 3.85. The van der Waals surface area contributed by atoms with Gasteiger partial charge in [0.05, 0.1) is 18.8 Å². The fourth-order valence-corrected chi connectivity index (χ4v) is 2.35. The molecule has 0 heterocycles. The molecule has 0 atom stereocenters. The molecular formula is C20H26O8. The van der Waals surface area contributed by atoms with Crippen LogP contribution in [0.4, 0.5) is 0 Å². The Morgan fingerprint density at radius 1 is 1.07 bits per heavy atom. The second-order valence-electron chi connectivity index (χ2n) is 5.82. The highest BCUT2D eigenvalue weighted by molar-refractivity contribution is 5.89. The van der Waals surface area contributed by atoms with E-state index in [9.17, 15) is 14.7 Å². The van der Waals surface area contributed by atoms with Crippen molar-refractivity contribution in [3.05, 3.63) is 59.1 Å². The molecule has 0 saturated heterocycles. The molecule has 0 aromatic heterocycles. The van der Waals surface area contributed by atoms with Gasteiger partial charge >= 0.3 is 11.9 Å². The predicted molar refractivity (Wildman–Crippen MR) is 102 cm³/mol. The van der Waals surface area contributed by atoms with Crippen LogP contribution < -0.4 is 0 Å². The molecule has 0 saturated carbocycles. The van der Waals surface area contributed by atoms with Crippen LogP contribution in [0, 0.1) is 0 Å². The number of allylic oxidation sites excluding steroid dienone is 2. The number of aliphatic carboxylic acids is 2. The number of methoxy groups -OCH3 is 2. The minimum atomic E-state index is -1.19. The van der Waals surface area contributed by atoms with Gasteiger partial charge in [-0.2, -0.15) is 0 Å². The van der Waals surface area contributed by atoms with Gasteiger partial charge in [0.2, 0.25) is 0 Å². The maximum Gasteiger partial charge on any atom is 0.335 e. The number of hydrogen-bond acceptors (Lipinski definition) is 6. The first-order valence-corrected chi connectivity index (χ1v) is 8.55. The fraction of sp³-hybridized carbons (Fsp3) is 0.400. The molecule has 28 heavy (non-hydrogen) atoms. The van der Waals surface area contributed by atoms with Gasteiger partial charge in [-0.3, -0.25) is 0 Å². The molecule has 0 spiro atoms. The minimum absolute atomic E-state index is 0.173. The highest BCUT2D eigenvalue weighted by Crippen LogP contribution is 2.33. The molecule has 1 aliphatic rings. The van der Waals surface area contributed by atoms with Gasteiger partial charge in [0, 0.05) is 30.9 Å². The van der Waals surface area contributed by atoms with Gasteiger partial charge < -0.3 is 29.2 Å². The topological polar surface area (TPSA) is 112 Å². The third-order valence-electron chi connectivity index (χ3n) is 3.85. The SMILES string of the molecule is C=C(/C=C(/OCCOC)C(=C)C1=C(OCCOC)C=C(C(=O)O)CC1)C(=O)O. The van der Waals surface area contributed by atoms with Crippen LogP contribution in [-0.4, -0.2) is 62.8 Å². The smallest absolute Gasteiger partial charge is 0.335 e. The number of carboxylic acids is 2. The van der Waals surface area contributed by atoms with E-state index < -0.39 is 11.9 Å². The monoisotopic (exact) mass is 394 g/mol. The normalized spacial score (nSPS) is 14.4. The highest BCUT2D eigenvalue weighted by Gasteiger charge is 2.23. The molecular weight excluding hydrogens is 368 g/mol. The fourth-order valence-electron chi connectivity index (χ4n) is 2.35. The summed E-state index contributed by atoms with van der Waals surface area (Å²) in [5.74, 6) is -1.67. The van der Waals surface area contributed by atoms with Crippen LogP contribution >= 0.6 is 0 Å². The summed E-state index contributed by atoms with van der Waals surface area (Å²) in [4.78, 5) is 22.5. The first-order chi connectivity index (χ1) is 13.3. The summed E-state index contributed by atoms with van der Waals surface area (Å²) in [6, 6.07) is 0. The van der Waals surface area contributed by atoms with Crippen LogP contribution in [0.5, 0.6) is 0 Å². The zero-order valence-corrected chi connectivity index (χ0v) is 16.2. The van der Waals surface area contributed by atoms with E-state index in [2.05, 4.69) is 13.2 Å². The second kappa shape index (κ2) is 11.8. The van der Waals surface area contributed by atoms with E-state index in [4.69, 9.17) is 24.1 Å². The molecule has 0 fully saturated rings. The molecule has 8 nitrogen and oxygen atoms in total. The van der Waals surface area contributed by atoms with Crippen LogP contribution in [0.2, 0.25) is 0 Å². The van der Waals surface area contributed by atoms with Gasteiger partial charge in [-0.05, 0) is 25.0 Å². The summed E-state index contributed by atoms with van der Waals surface area (Å²) in [5.41, 5.74) is 1.06. The summed E-state index contributed by atoms with van der Waals surface area (Å²) in [7, 11) is 3.04. The van der Waals surface area contributed by atoms with Gasteiger partial charge in [0.1, 0.15) is 24.7 Å². The lowest BCUT2D eigenvalue weighted by molar-refractivity contribution is -0.133. The number of rotatable bonds is 13. The van der Waals surface area contributed by atoms with E-state index in [0.29, 0.717) is 36.5 Å². The van der Waals surface area contributed by atoms with Crippen LogP contribution in [0.25, 0.3) is 0 Å². The summed E-state index contributed by atoms with van der Waals surface area (Å²) in [5, 5.41) is 18.4. The van der Waals surface area contributed by atoms with Crippen molar-refractivity contribution in [3.63, 3.8) is 0 Å². The van der Waals surface area contributed by atoms with Crippen molar-refractivity contribution < 1.29 is 38.7 Å². The molecule has 0 unspecified atom stereocenters. The molecule has 0 aromatic rings. The zero-order chi connectivity index (χ0) is 21.1. The second-order valence-corrected chi connectivity index (χ2v) is 5.82. The molecule has 0 aromatic carbocycles. The maximum absolute atomic E-state index is 11.3. The van der Waals surface area contributed by atoms with E-state index in [1.54, 1.807) is 0 Å². The Kier molecular flexibility index (Phi) is 9.76. The molecule has 0 aliphatic heterocycles. The van der Waals surface area contributed by atoms with Crippen molar-refractivity contribution in [3.8, 4) is 0 Å². The lowest BCUT2D eigenvalue weighted by Crippen LogP contribution is -2.14. The lowest BCUT2D eigenvalue weighted by Gasteiger charge is -2.22. The standard InChI is InChI=1S/C20H26O8/c1-13(19(21)22)11-17(27-9-7-25-3)14(2)16-6-5-15(20(23)24)12-18(16)28-10-8-26-4/h11-12H,1-2,5-10H2,3-4H3,(H,21,22)(H,23,24)/b17-11+. The van der Waals surface area contributed by atoms with Crippen molar-refractivity contribution in [2.75, 3.05) is 40.6 Å². The predicted octanol–water partition coefficient (Wildman–Crippen LogP) is 2.45. The van der Waals surface area contributed by atoms with E-state index in [-0.39, 0.29) is 36.5 Å². The summed E-state index contributed by atoms with van der Waals surface area (Å²) >= 11 is 0. The Morgan fingerprint density at radius 3 is 2.29 bits per heavy atom. The van der Waals surface area contributed by atoms with Crippen molar-refractivity contribution in [1.29, 1.82) is 0 Å². The Balaban J connectivity index is 3.25. The third kappa shape index (κ3) is 7.05. The molecule has 0 radical (unpaired) electrons. The van der Waals surface area contributed by atoms with Crippen LogP contribution in [0.1, 0.15) is 12.8 Å². The van der Waals surface area contributed by atoms with Gasteiger partial charge in [-0.25, -0.2) is 9.59 Å². The van der Waals surface area contributed by atoms with Gasteiger partial charge in [0.15, 0.2) is 0 Å². The van der Waals surface area contributed by atoms with E-state index >= 15 is 0 Å². The molecule has 8 heteroatoms. The molecule has 2 N–H and O–H groups in total. The van der Waals surface area contributed by atoms with Crippen LogP contribution in [0.3, 0.4) is 0 Å². The van der Waals surface area contributed by atoms with Gasteiger partial charge in [-0.15, -0.1) is 0 Å².